The summed E-state index contributed by atoms with van der Waals surface area (Å²) in [5, 5.41) is 8.79. The van der Waals surface area contributed by atoms with Crippen molar-refractivity contribution in [2.24, 2.45) is 0 Å². The molecule has 2 N–H and O–H groups in total. The van der Waals surface area contributed by atoms with Gasteiger partial charge in [-0.1, -0.05) is 36.4 Å². The SMILES string of the molecule is CO/C=C(/C(=O)OC)c1ccccc1COc1cccc(CNO)c1. The van der Waals surface area contributed by atoms with E-state index < -0.39 is 5.97 Å². The highest BCUT2D eigenvalue weighted by Gasteiger charge is 2.16. The summed E-state index contributed by atoms with van der Waals surface area (Å²) < 4.78 is 15.7. The van der Waals surface area contributed by atoms with Crippen molar-refractivity contribution in [1.29, 1.82) is 0 Å². The number of benzene rings is 2. The second-order valence-electron chi connectivity index (χ2n) is 5.19. The first kappa shape index (κ1) is 18.5. The molecule has 0 unspecified atom stereocenters. The van der Waals surface area contributed by atoms with Gasteiger partial charge in [-0.2, -0.15) is 0 Å². The molecule has 0 saturated carbocycles. The number of esters is 1. The van der Waals surface area contributed by atoms with Crippen LogP contribution in [0.1, 0.15) is 16.7 Å². The molecule has 0 radical (unpaired) electrons. The molecule has 0 saturated heterocycles. The average molecular weight is 343 g/mol. The van der Waals surface area contributed by atoms with Gasteiger partial charge < -0.3 is 19.4 Å². The molecule has 0 fully saturated rings. The van der Waals surface area contributed by atoms with Crippen LogP contribution >= 0.6 is 0 Å². The molecule has 2 aromatic carbocycles. The number of ether oxygens (including phenoxy) is 3. The fourth-order valence-corrected chi connectivity index (χ4v) is 2.36. The molecule has 0 bridgehead atoms. The minimum atomic E-state index is -0.481. The molecule has 0 heterocycles. The van der Waals surface area contributed by atoms with Crippen molar-refractivity contribution in [3.63, 3.8) is 0 Å². The topological polar surface area (TPSA) is 77.0 Å². The van der Waals surface area contributed by atoms with E-state index in [1.807, 2.05) is 48.5 Å². The van der Waals surface area contributed by atoms with Gasteiger partial charge in [0, 0.05) is 6.54 Å². The Morgan fingerprint density at radius 3 is 2.68 bits per heavy atom. The Hall–Kier alpha value is -2.83. The maximum Gasteiger partial charge on any atom is 0.341 e. The standard InChI is InChI=1S/C19H21NO5/c1-23-13-18(19(21)24-2)17-9-4-3-7-15(17)12-25-16-8-5-6-14(10-16)11-20-22/h3-10,13,20,22H,11-12H2,1-2H3/b18-13+. The van der Waals surface area contributed by atoms with Crippen LogP contribution in [0.4, 0.5) is 0 Å². The lowest BCUT2D eigenvalue weighted by Gasteiger charge is -2.13. The number of methoxy groups -OCH3 is 2. The Morgan fingerprint density at radius 1 is 1.16 bits per heavy atom. The highest BCUT2D eigenvalue weighted by molar-refractivity contribution is 6.16. The zero-order valence-electron chi connectivity index (χ0n) is 14.2. The molecule has 0 aliphatic rings. The fourth-order valence-electron chi connectivity index (χ4n) is 2.36. The summed E-state index contributed by atoms with van der Waals surface area (Å²) in [5.74, 6) is 0.184. The van der Waals surface area contributed by atoms with E-state index in [1.165, 1.54) is 20.5 Å². The fraction of sp³-hybridized carbons (Fsp3) is 0.211. The Balaban J connectivity index is 2.22. The van der Waals surface area contributed by atoms with E-state index in [4.69, 9.17) is 19.4 Å². The van der Waals surface area contributed by atoms with Crippen LogP contribution in [-0.2, 0) is 27.4 Å². The van der Waals surface area contributed by atoms with Crippen LogP contribution < -0.4 is 10.2 Å². The van der Waals surface area contributed by atoms with Crippen LogP contribution in [-0.4, -0.2) is 25.4 Å². The quantitative estimate of drug-likeness (QED) is 0.332. The molecule has 6 nitrogen and oxygen atoms in total. The van der Waals surface area contributed by atoms with Gasteiger partial charge >= 0.3 is 5.97 Å². The summed E-state index contributed by atoms with van der Waals surface area (Å²) in [5.41, 5.74) is 4.83. The molecule has 25 heavy (non-hydrogen) atoms. The summed E-state index contributed by atoms with van der Waals surface area (Å²) in [6.07, 6.45) is 1.36. The van der Waals surface area contributed by atoms with E-state index in [9.17, 15) is 4.79 Å². The smallest absolute Gasteiger partial charge is 0.341 e. The van der Waals surface area contributed by atoms with Gasteiger partial charge in [0.2, 0.25) is 0 Å². The molecule has 6 heteroatoms. The lowest BCUT2D eigenvalue weighted by molar-refractivity contribution is -0.133. The number of hydrogen-bond acceptors (Lipinski definition) is 6. The van der Waals surface area contributed by atoms with Crippen LogP contribution in [0.5, 0.6) is 5.75 Å². The summed E-state index contributed by atoms with van der Waals surface area (Å²) in [6, 6.07) is 14.8. The average Bonchev–Trinajstić information content (AvgIpc) is 2.65. The van der Waals surface area contributed by atoms with Crippen LogP contribution in [0.2, 0.25) is 0 Å². The van der Waals surface area contributed by atoms with Gasteiger partial charge in [0.15, 0.2) is 0 Å². The van der Waals surface area contributed by atoms with E-state index >= 15 is 0 Å². The molecule has 0 amide bonds. The minimum Gasteiger partial charge on any atom is -0.503 e. The molecule has 0 aliphatic carbocycles. The van der Waals surface area contributed by atoms with Crippen LogP contribution in [0.3, 0.4) is 0 Å². The van der Waals surface area contributed by atoms with E-state index in [0.29, 0.717) is 23.4 Å². The summed E-state index contributed by atoms with van der Waals surface area (Å²) in [7, 11) is 2.80. The summed E-state index contributed by atoms with van der Waals surface area (Å²) >= 11 is 0. The summed E-state index contributed by atoms with van der Waals surface area (Å²) in [6.45, 7) is 0.598. The van der Waals surface area contributed by atoms with Gasteiger partial charge in [-0.05, 0) is 28.8 Å². The largest absolute Gasteiger partial charge is 0.503 e. The van der Waals surface area contributed by atoms with Crippen molar-refractivity contribution in [2.45, 2.75) is 13.2 Å². The normalized spacial score (nSPS) is 11.1. The van der Waals surface area contributed by atoms with E-state index in [0.717, 1.165) is 11.1 Å². The summed E-state index contributed by atoms with van der Waals surface area (Å²) in [4.78, 5) is 12.0. The second kappa shape index (κ2) is 9.46. The number of hydrogen-bond donors (Lipinski definition) is 2. The minimum absolute atomic E-state index is 0.268. The van der Waals surface area contributed by atoms with Crippen LogP contribution in [0, 0.1) is 0 Å². The third kappa shape index (κ3) is 5.07. The molecule has 0 aliphatic heterocycles. The third-order valence-electron chi connectivity index (χ3n) is 3.52. The Kier molecular flexibility index (Phi) is 7.00. The number of carbonyl (C=O) groups excluding carboxylic acids is 1. The predicted octanol–water partition coefficient (Wildman–Crippen LogP) is 2.90. The molecule has 2 rings (SSSR count). The van der Waals surface area contributed by atoms with Gasteiger partial charge in [0.25, 0.3) is 0 Å². The van der Waals surface area contributed by atoms with Crippen molar-refractivity contribution in [2.75, 3.05) is 14.2 Å². The Morgan fingerprint density at radius 2 is 1.96 bits per heavy atom. The highest BCUT2D eigenvalue weighted by atomic mass is 16.5. The van der Waals surface area contributed by atoms with Gasteiger partial charge in [0.05, 0.1) is 20.5 Å². The molecule has 0 atom stereocenters. The number of carbonyl (C=O) groups is 1. The Bertz CT molecular complexity index is 742. The van der Waals surface area contributed by atoms with Gasteiger partial charge in [0.1, 0.15) is 17.9 Å². The lowest BCUT2D eigenvalue weighted by Crippen LogP contribution is -2.08. The monoisotopic (exact) mass is 343 g/mol. The van der Waals surface area contributed by atoms with Crippen molar-refractivity contribution in [3.8, 4) is 5.75 Å². The number of nitrogens with one attached hydrogen (secondary N) is 1. The van der Waals surface area contributed by atoms with Crippen molar-refractivity contribution in [1.82, 2.24) is 5.48 Å². The lowest BCUT2D eigenvalue weighted by atomic mass is 10.0. The third-order valence-corrected chi connectivity index (χ3v) is 3.52. The maximum absolute atomic E-state index is 12.0. The van der Waals surface area contributed by atoms with E-state index in [1.54, 1.807) is 0 Å². The Labute approximate surface area is 146 Å². The van der Waals surface area contributed by atoms with E-state index in [2.05, 4.69) is 5.48 Å². The van der Waals surface area contributed by atoms with Crippen LogP contribution in [0.15, 0.2) is 54.8 Å². The number of hydroxylamine groups is 1. The van der Waals surface area contributed by atoms with Crippen molar-refractivity contribution in [3.05, 3.63) is 71.5 Å². The first-order chi connectivity index (χ1) is 12.2. The van der Waals surface area contributed by atoms with Gasteiger partial charge in [-0.15, -0.1) is 0 Å². The van der Waals surface area contributed by atoms with E-state index in [-0.39, 0.29) is 6.61 Å². The van der Waals surface area contributed by atoms with Crippen molar-refractivity contribution >= 4 is 11.5 Å². The number of rotatable bonds is 8. The highest BCUT2D eigenvalue weighted by Crippen LogP contribution is 2.23. The van der Waals surface area contributed by atoms with Crippen molar-refractivity contribution < 1.29 is 24.2 Å². The maximum atomic E-state index is 12.0. The molecular weight excluding hydrogens is 322 g/mol. The first-order valence-electron chi connectivity index (χ1n) is 7.67. The second-order valence-corrected chi connectivity index (χ2v) is 5.19. The van der Waals surface area contributed by atoms with Crippen LogP contribution in [0.25, 0.3) is 5.57 Å². The molecular formula is C19H21NO5. The first-order valence-corrected chi connectivity index (χ1v) is 7.67. The molecule has 132 valence electrons. The zero-order chi connectivity index (χ0) is 18.1. The zero-order valence-corrected chi connectivity index (χ0v) is 14.2. The van der Waals surface area contributed by atoms with Gasteiger partial charge in [-0.3, -0.25) is 0 Å². The molecule has 0 aromatic heterocycles. The van der Waals surface area contributed by atoms with Gasteiger partial charge in [-0.25, -0.2) is 10.3 Å². The molecule has 2 aromatic rings. The predicted molar refractivity (Wildman–Crippen MR) is 92.8 cm³/mol. The molecule has 0 spiro atoms.